The van der Waals surface area contributed by atoms with Crippen molar-refractivity contribution in [1.29, 1.82) is 0 Å². The summed E-state index contributed by atoms with van der Waals surface area (Å²) < 4.78 is 32.6. The van der Waals surface area contributed by atoms with Crippen LogP contribution in [0.2, 0.25) is 5.02 Å². The van der Waals surface area contributed by atoms with Crippen LogP contribution in [0.5, 0.6) is 5.75 Å². The second-order valence-corrected chi connectivity index (χ2v) is 7.41. The number of halogens is 2. The Morgan fingerprint density at radius 3 is 2.42 bits per heavy atom. The maximum atomic E-state index is 12.5. The van der Waals surface area contributed by atoms with Crippen molar-refractivity contribution in [1.82, 2.24) is 4.72 Å². The first-order chi connectivity index (χ1) is 10.6. The van der Waals surface area contributed by atoms with Gasteiger partial charge in [-0.05, 0) is 31.0 Å². The number of carbonyl (C=O) groups excluding carboxylic acids is 1. The summed E-state index contributed by atoms with van der Waals surface area (Å²) in [4.78, 5) is 10.7. The molecule has 1 aromatic carbocycles. The molecule has 0 saturated carbocycles. The molecule has 0 aliphatic carbocycles. The molecule has 138 valence electrons. The lowest BCUT2D eigenvalue weighted by atomic mass is 9.95. The van der Waals surface area contributed by atoms with Crippen LogP contribution in [-0.2, 0) is 14.8 Å². The Bertz CT molecular complexity index is 664. The lowest BCUT2D eigenvalue weighted by Crippen LogP contribution is -2.49. The third kappa shape index (κ3) is 6.45. The number of carbonyl (C=O) groups is 1. The fraction of sp³-hybridized carbons (Fsp3) is 0.500. The van der Waals surface area contributed by atoms with Gasteiger partial charge in [0.1, 0.15) is 10.6 Å². The molecule has 0 saturated heterocycles. The number of nitrogens with one attached hydrogen (secondary N) is 1. The number of amides is 1. The highest BCUT2D eigenvalue weighted by Crippen LogP contribution is 2.27. The van der Waals surface area contributed by atoms with Crippen molar-refractivity contribution < 1.29 is 17.9 Å². The number of nitrogens with two attached hydrogens (primary N) is 2. The number of hydrogen-bond donors (Lipinski definition) is 3. The quantitative estimate of drug-likeness (QED) is 0.578. The molecule has 10 heteroatoms. The summed E-state index contributed by atoms with van der Waals surface area (Å²) in [6.07, 6.45) is 1.24. The minimum atomic E-state index is -3.91. The molecule has 1 aromatic rings. The van der Waals surface area contributed by atoms with E-state index in [-0.39, 0.29) is 34.6 Å². The number of rotatable bonds is 9. The number of primary amides is 1. The molecule has 0 atom stereocenters. The Hall–Kier alpha value is -1.06. The molecule has 0 spiro atoms. The van der Waals surface area contributed by atoms with E-state index < -0.39 is 28.1 Å². The van der Waals surface area contributed by atoms with Gasteiger partial charge in [-0.25, -0.2) is 13.1 Å². The smallest absolute Gasteiger partial charge is 0.255 e. The van der Waals surface area contributed by atoms with Crippen LogP contribution < -0.4 is 20.9 Å². The monoisotopic (exact) mass is 399 g/mol. The molecule has 0 bridgehead atoms. The molecule has 1 amide bonds. The maximum absolute atomic E-state index is 12.5. The minimum absolute atomic E-state index is 0. The summed E-state index contributed by atoms with van der Waals surface area (Å²) in [6, 6.07) is 4.08. The number of sulfonamides is 1. The molecule has 0 aliphatic heterocycles. The highest BCUT2D eigenvalue weighted by molar-refractivity contribution is 7.89. The predicted octanol–water partition coefficient (Wildman–Crippen LogP) is 1.42. The molecule has 0 heterocycles. The molecule has 0 unspecified atom stereocenters. The van der Waals surface area contributed by atoms with Gasteiger partial charge < -0.3 is 16.2 Å². The molecule has 24 heavy (non-hydrogen) atoms. The van der Waals surface area contributed by atoms with Gasteiger partial charge in [0.15, 0.2) is 6.61 Å². The topological polar surface area (TPSA) is 125 Å². The van der Waals surface area contributed by atoms with Gasteiger partial charge in [0.2, 0.25) is 10.0 Å². The van der Waals surface area contributed by atoms with E-state index >= 15 is 0 Å². The van der Waals surface area contributed by atoms with Crippen LogP contribution in [0.1, 0.15) is 26.7 Å². The Labute approximate surface area is 153 Å². The summed E-state index contributed by atoms with van der Waals surface area (Å²) in [7, 11) is -3.91. The van der Waals surface area contributed by atoms with Crippen molar-refractivity contribution >= 4 is 39.9 Å². The van der Waals surface area contributed by atoms with Gasteiger partial charge in [-0.15, -0.1) is 12.4 Å². The van der Waals surface area contributed by atoms with Gasteiger partial charge in [-0.2, -0.15) is 0 Å². The standard InChI is InChI=1S/C14H22ClN3O4S.ClH/c1-3-14(17,4-2)9-18-23(20,21)12-7-10(15)5-6-11(12)22-8-13(16)19;/h5-7,18H,3-4,8-9,17H2,1-2H3,(H2,16,19);1H. The Morgan fingerprint density at radius 2 is 1.92 bits per heavy atom. The highest BCUT2D eigenvalue weighted by atomic mass is 35.5. The minimum Gasteiger partial charge on any atom is -0.482 e. The van der Waals surface area contributed by atoms with Crippen LogP contribution in [0.4, 0.5) is 0 Å². The lowest BCUT2D eigenvalue weighted by Gasteiger charge is -2.26. The Balaban J connectivity index is 0.00000529. The first kappa shape index (κ1) is 22.9. The average Bonchev–Trinajstić information content (AvgIpc) is 2.51. The van der Waals surface area contributed by atoms with Crippen LogP contribution in [0, 0.1) is 0 Å². The van der Waals surface area contributed by atoms with Crippen molar-refractivity contribution in [3.05, 3.63) is 23.2 Å². The lowest BCUT2D eigenvalue weighted by molar-refractivity contribution is -0.120. The summed E-state index contributed by atoms with van der Waals surface area (Å²) in [5, 5.41) is 0.224. The molecule has 7 nitrogen and oxygen atoms in total. The van der Waals surface area contributed by atoms with Gasteiger partial charge >= 0.3 is 0 Å². The fourth-order valence-electron chi connectivity index (χ4n) is 1.78. The normalized spacial score (nSPS) is 11.7. The second-order valence-electron chi connectivity index (χ2n) is 5.24. The van der Waals surface area contributed by atoms with Crippen LogP contribution in [0.25, 0.3) is 0 Å². The fourth-order valence-corrected chi connectivity index (χ4v) is 3.32. The third-order valence-electron chi connectivity index (χ3n) is 3.59. The summed E-state index contributed by atoms with van der Waals surface area (Å²) >= 11 is 5.87. The van der Waals surface area contributed by atoms with E-state index in [0.717, 1.165) is 0 Å². The van der Waals surface area contributed by atoms with E-state index in [1.54, 1.807) is 0 Å². The zero-order chi connectivity index (χ0) is 17.7. The number of ether oxygens (including phenoxy) is 1. The van der Waals surface area contributed by atoms with Gasteiger partial charge in [-0.3, -0.25) is 4.79 Å². The Morgan fingerprint density at radius 1 is 1.33 bits per heavy atom. The first-order valence-electron chi connectivity index (χ1n) is 7.12. The highest BCUT2D eigenvalue weighted by Gasteiger charge is 2.26. The van der Waals surface area contributed by atoms with Gasteiger partial charge in [0, 0.05) is 17.1 Å². The zero-order valence-electron chi connectivity index (χ0n) is 13.5. The van der Waals surface area contributed by atoms with Gasteiger partial charge in [0.05, 0.1) is 0 Å². The van der Waals surface area contributed by atoms with Crippen molar-refractivity contribution in [2.24, 2.45) is 11.5 Å². The van der Waals surface area contributed by atoms with Crippen molar-refractivity contribution in [3.63, 3.8) is 0 Å². The van der Waals surface area contributed by atoms with E-state index in [2.05, 4.69) is 4.72 Å². The van der Waals surface area contributed by atoms with Crippen LogP contribution in [0.3, 0.4) is 0 Å². The van der Waals surface area contributed by atoms with Crippen molar-refractivity contribution in [2.75, 3.05) is 13.2 Å². The largest absolute Gasteiger partial charge is 0.482 e. The molecule has 0 radical (unpaired) electrons. The molecule has 1 rings (SSSR count). The first-order valence-corrected chi connectivity index (χ1v) is 8.99. The van der Waals surface area contributed by atoms with Crippen LogP contribution >= 0.6 is 24.0 Å². The van der Waals surface area contributed by atoms with E-state index in [1.807, 2.05) is 13.8 Å². The van der Waals surface area contributed by atoms with Gasteiger partial charge in [0.25, 0.3) is 5.91 Å². The van der Waals surface area contributed by atoms with Crippen LogP contribution in [0.15, 0.2) is 23.1 Å². The van der Waals surface area contributed by atoms with E-state index in [0.29, 0.717) is 12.8 Å². The summed E-state index contributed by atoms with van der Waals surface area (Å²) in [5.74, 6) is -0.717. The summed E-state index contributed by atoms with van der Waals surface area (Å²) in [6.45, 7) is 3.41. The Kier molecular flexibility index (Phi) is 9.01. The average molecular weight is 400 g/mol. The predicted molar refractivity (Wildman–Crippen MR) is 96.1 cm³/mol. The van der Waals surface area contributed by atoms with Crippen LogP contribution in [-0.4, -0.2) is 33.0 Å². The molecular weight excluding hydrogens is 377 g/mol. The molecular formula is C14H23Cl2N3O4S. The number of benzene rings is 1. The number of hydrogen-bond acceptors (Lipinski definition) is 5. The summed E-state index contributed by atoms with van der Waals surface area (Å²) in [5.41, 5.74) is 10.5. The second kappa shape index (κ2) is 9.43. The van der Waals surface area contributed by atoms with Crippen molar-refractivity contribution in [3.8, 4) is 5.75 Å². The van der Waals surface area contributed by atoms with Crippen molar-refractivity contribution in [2.45, 2.75) is 37.1 Å². The van der Waals surface area contributed by atoms with E-state index in [1.165, 1.54) is 18.2 Å². The van der Waals surface area contributed by atoms with E-state index in [4.69, 9.17) is 27.8 Å². The molecule has 0 fully saturated rings. The SMILES string of the molecule is CCC(N)(CC)CNS(=O)(=O)c1cc(Cl)ccc1OCC(N)=O.Cl. The third-order valence-corrected chi connectivity index (χ3v) is 5.25. The zero-order valence-corrected chi connectivity index (χ0v) is 15.9. The molecule has 0 aromatic heterocycles. The maximum Gasteiger partial charge on any atom is 0.255 e. The van der Waals surface area contributed by atoms with Gasteiger partial charge in [-0.1, -0.05) is 25.4 Å². The molecule has 5 N–H and O–H groups in total. The molecule has 0 aliphatic rings. The van der Waals surface area contributed by atoms with E-state index in [9.17, 15) is 13.2 Å².